The number of amides is 1. The third-order valence-corrected chi connectivity index (χ3v) is 4.52. The van der Waals surface area contributed by atoms with Gasteiger partial charge in [0.25, 0.3) is 5.91 Å². The van der Waals surface area contributed by atoms with Crippen molar-refractivity contribution in [1.82, 2.24) is 19.7 Å². The van der Waals surface area contributed by atoms with Crippen LogP contribution in [0.4, 0.5) is 17.5 Å². The lowest BCUT2D eigenvalue weighted by molar-refractivity contribution is -0.128. The third kappa shape index (κ3) is 3.34. The van der Waals surface area contributed by atoms with Gasteiger partial charge in [-0.25, -0.2) is 4.98 Å². The van der Waals surface area contributed by atoms with Crippen molar-refractivity contribution in [1.29, 1.82) is 5.26 Å². The Morgan fingerprint density at radius 3 is 2.89 bits per heavy atom. The van der Waals surface area contributed by atoms with Gasteiger partial charge in [0.2, 0.25) is 11.5 Å². The van der Waals surface area contributed by atoms with Gasteiger partial charge in [0.05, 0.1) is 24.0 Å². The van der Waals surface area contributed by atoms with Crippen LogP contribution in [0.25, 0.3) is 0 Å². The lowest BCUT2D eigenvalue weighted by atomic mass is 10.0. The van der Waals surface area contributed by atoms with Gasteiger partial charge in [-0.15, -0.1) is 0 Å². The predicted octanol–water partition coefficient (Wildman–Crippen LogP) is 0.524. The predicted molar refractivity (Wildman–Crippen MR) is 96.1 cm³/mol. The van der Waals surface area contributed by atoms with Gasteiger partial charge in [-0.2, -0.15) is 15.3 Å². The lowest BCUT2D eigenvalue weighted by Crippen LogP contribution is -2.40. The van der Waals surface area contributed by atoms with Crippen LogP contribution in [-0.2, 0) is 10.3 Å². The van der Waals surface area contributed by atoms with E-state index >= 15 is 0 Å². The molecule has 0 aromatic carbocycles. The van der Waals surface area contributed by atoms with Crippen molar-refractivity contribution in [3.05, 3.63) is 24.7 Å². The average Bonchev–Trinajstić information content (AvgIpc) is 3.19. The quantitative estimate of drug-likeness (QED) is 0.646. The summed E-state index contributed by atoms with van der Waals surface area (Å²) >= 11 is 0. The van der Waals surface area contributed by atoms with Gasteiger partial charge in [-0.3, -0.25) is 14.4 Å². The van der Waals surface area contributed by atoms with Gasteiger partial charge < -0.3 is 15.5 Å². The molecule has 1 aliphatic heterocycles. The molecule has 2 aromatic heterocycles. The molecule has 0 radical (unpaired) electrons. The molecule has 3 N–H and O–H groups in total. The normalized spacial score (nSPS) is 22.7. The third-order valence-electron chi connectivity index (χ3n) is 4.52. The summed E-state index contributed by atoms with van der Waals surface area (Å²) in [4.78, 5) is 22.2. The molecule has 1 amide bonds. The maximum atomic E-state index is 12.4. The molecule has 10 heteroatoms. The van der Waals surface area contributed by atoms with E-state index in [1.165, 1.54) is 11.1 Å². The first-order chi connectivity index (χ1) is 12.7. The second kappa shape index (κ2) is 6.61. The van der Waals surface area contributed by atoms with E-state index in [0.717, 1.165) is 0 Å². The van der Waals surface area contributed by atoms with Crippen LogP contribution in [0.1, 0.15) is 27.2 Å². The fourth-order valence-corrected chi connectivity index (χ4v) is 2.89. The van der Waals surface area contributed by atoms with Crippen LogP contribution < -0.4 is 10.2 Å². The number of carbonyl (C=O) groups excluding carboxylic acids is 1. The molecule has 27 heavy (non-hydrogen) atoms. The molecule has 0 bridgehead atoms. The van der Waals surface area contributed by atoms with Gasteiger partial charge >= 0.3 is 0 Å². The van der Waals surface area contributed by atoms with E-state index in [-0.39, 0.29) is 25.0 Å². The van der Waals surface area contributed by atoms with E-state index in [1.54, 1.807) is 36.1 Å². The maximum absolute atomic E-state index is 12.4. The summed E-state index contributed by atoms with van der Waals surface area (Å²) in [5.74, 6) is -0.167. The van der Waals surface area contributed by atoms with E-state index < -0.39 is 17.0 Å². The molecular formula is C17H21N7O3. The number of aromatic nitrogens is 4. The number of rotatable bonds is 5. The largest absolute Gasteiger partial charge is 0.394 e. The Hall–Kier alpha value is -3.03. The SMILES string of the molecule is C[C@@H]1C[C@](O)(C#N)C(=O)N1c1ccnc(Nc2cnn(C(C)(C)CO)c2)n1. The highest BCUT2D eigenvalue weighted by Crippen LogP contribution is 2.32. The number of nitriles is 1. The summed E-state index contributed by atoms with van der Waals surface area (Å²) in [5.41, 5.74) is -1.97. The lowest BCUT2D eigenvalue weighted by Gasteiger charge is -2.22. The van der Waals surface area contributed by atoms with E-state index in [0.29, 0.717) is 11.5 Å². The van der Waals surface area contributed by atoms with Crippen molar-refractivity contribution in [3.63, 3.8) is 0 Å². The van der Waals surface area contributed by atoms with Crippen LogP contribution >= 0.6 is 0 Å². The first-order valence-corrected chi connectivity index (χ1v) is 8.43. The van der Waals surface area contributed by atoms with Crippen LogP contribution in [0.5, 0.6) is 0 Å². The molecule has 0 aliphatic carbocycles. The molecule has 0 spiro atoms. The molecular weight excluding hydrogens is 350 g/mol. The van der Waals surface area contributed by atoms with Crippen molar-refractivity contribution in [2.75, 3.05) is 16.8 Å². The van der Waals surface area contributed by atoms with E-state index in [1.807, 2.05) is 13.8 Å². The van der Waals surface area contributed by atoms with Crippen molar-refractivity contribution in [3.8, 4) is 6.07 Å². The minimum Gasteiger partial charge on any atom is -0.394 e. The molecule has 10 nitrogen and oxygen atoms in total. The number of aliphatic hydroxyl groups excluding tert-OH is 1. The second-order valence-electron chi connectivity index (χ2n) is 7.21. The zero-order chi connectivity index (χ0) is 19.8. The average molecular weight is 371 g/mol. The Morgan fingerprint density at radius 1 is 1.52 bits per heavy atom. The summed E-state index contributed by atoms with van der Waals surface area (Å²) in [6.45, 7) is 5.36. The molecule has 2 aromatic rings. The van der Waals surface area contributed by atoms with Crippen LogP contribution in [0.15, 0.2) is 24.7 Å². The molecule has 0 saturated carbocycles. The fraction of sp³-hybridized carbons (Fsp3) is 0.471. The minimum absolute atomic E-state index is 0.0120. The number of hydrogen-bond donors (Lipinski definition) is 3. The van der Waals surface area contributed by atoms with Gasteiger partial charge in [0, 0.05) is 24.9 Å². The Kier molecular flexibility index (Phi) is 4.59. The number of aliphatic hydroxyl groups is 2. The highest BCUT2D eigenvalue weighted by Gasteiger charge is 2.50. The van der Waals surface area contributed by atoms with Crippen LogP contribution in [0.2, 0.25) is 0 Å². The number of hydrogen-bond acceptors (Lipinski definition) is 8. The fourth-order valence-electron chi connectivity index (χ4n) is 2.89. The number of anilines is 3. The Morgan fingerprint density at radius 2 is 2.26 bits per heavy atom. The summed E-state index contributed by atoms with van der Waals surface area (Å²) < 4.78 is 1.62. The van der Waals surface area contributed by atoms with Crippen molar-refractivity contribution in [2.24, 2.45) is 0 Å². The molecule has 142 valence electrons. The van der Waals surface area contributed by atoms with Crippen LogP contribution in [0, 0.1) is 11.3 Å². The van der Waals surface area contributed by atoms with Crippen LogP contribution in [0.3, 0.4) is 0 Å². The first kappa shape index (κ1) is 18.8. The first-order valence-electron chi connectivity index (χ1n) is 8.43. The Labute approximate surface area is 156 Å². The van der Waals surface area contributed by atoms with Gasteiger partial charge in [-0.05, 0) is 26.8 Å². The zero-order valence-electron chi connectivity index (χ0n) is 15.3. The topological polar surface area (TPSA) is 140 Å². The van der Waals surface area contributed by atoms with Crippen LogP contribution in [-0.4, -0.2) is 54.1 Å². The van der Waals surface area contributed by atoms with Crippen molar-refractivity contribution < 1.29 is 15.0 Å². The summed E-state index contributed by atoms with van der Waals surface area (Å²) in [7, 11) is 0. The molecule has 1 saturated heterocycles. The second-order valence-corrected chi connectivity index (χ2v) is 7.21. The summed E-state index contributed by atoms with van der Waals surface area (Å²) in [6, 6.07) is 2.84. The maximum Gasteiger partial charge on any atom is 0.275 e. The van der Waals surface area contributed by atoms with Crippen molar-refractivity contribution in [2.45, 2.75) is 44.4 Å². The van der Waals surface area contributed by atoms with Gasteiger partial charge in [0.15, 0.2) is 0 Å². The standard InChI is InChI=1S/C17H21N7O3/c1-11-6-17(27,9-18)14(26)24(11)13-4-5-19-15(22-13)21-12-7-20-23(8-12)16(2,3)10-25/h4-5,7-8,11,25,27H,6,10H2,1-3H3,(H,19,21,22)/t11-,17+/m1/s1. The molecule has 2 atom stereocenters. The highest BCUT2D eigenvalue weighted by molar-refractivity contribution is 6.03. The van der Waals surface area contributed by atoms with E-state index in [9.17, 15) is 15.0 Å². The molecule has 0 unspecified atom stereocenters. The monoisotopic (exact) mass is 371 g/mol. The molecule has 1 aliphatic rings. The van der Waals surface area contributed by atoms with E-state index in [4.69, 9.17) is 5.26 Å². The van der Waals surface area contributed by atoms with Gasteiger partial charge in [0.1, 0.15) is 11.9 Å². The Balaban J connectivity index is 1.83. The summed E-state index contributed by atoms with van der Waals surface area (Å²) in [5, 5.41) is 35.9. The number of carbonyl (C=O) groups is 1. The number of nitrogens with zero attached hydrogens (tertiary/aromatic N) is 6. The highest BCUT2D eigenvalue weighted by atomic mass is 16.3. The van der Waals surface area contributed by atoms with Gasteiger partial charge in [-0.1, -0.05) is 0 Å². The summed E-state index contributed by atoms with van der Waals surface area (Å²) in [6.07, 6.45) is 4.78. The molecule has 3 heterocycles. The number of nitrogens with one attached hydrogen (secondary N) is 1. The van der Waals surface area contributed by atoms with E-state index in [2.05, 4.69) is 20.4 Å². The molecule has 1 fully saturated rings. The zero-order valence-corrected chi connectivity index (χ0v) is 15.3. The Bertz CT molecular complexity index is 904. The van der Waals surface area contributed by atoms with Crippen molar-refractivity contribution >= 4 is 23.4 Å². The molecule has 3 rings (SSSR count). The minimum atomic E-state index is -2.03. The smallest absolute Gasteiger partial charge is 0.275 e.